The summed E-state index contributed by atoms with van der Waals surface area (Å²) in [5, 5.41) is 0. The molecule has 2 rings (SSSR count). The van der Waals surface area contributed by atoms with Crippen molar-refractivity contribution < 1.29 is 9.53 Å². The molecule has 3 heteroatoms. The molecule has 1 amide bonds. The quantitative estimate of drug-likeness (QED) is 0.708. The van der Waals surface area contributed by atoms with Crippen molar-refractivity contribution in [3.8, 4) is 5.75 Å². The summed E-state index contributed by atoms with van der Waals surface area (Å²) in [7, 11) is 0. The molecule has 0 bridgehead atoms. The molecule has 2 aromatic carbocycles. The van der Waals surface area contributed by atoms with Crippen molar-refractivity contribution >= 4 is 5.91 Å². The summed E-state index contributed by atoms with van der Waals surface area (Å²) in [5.41, 5.74) is 2.32. The van der Waals surface area contributed by atoms with Gasteiger partial charge in [-0.3, -0.25) is 4.79 Å². The summed E-state index contributed by atoms with van der Waals surface area (Å²) in [6.45, 7) is 7.63. The first-order chi connectivity index (χ1) is 11.6. The number of nitrogens with zero attached hydrogens (tertiary/aromatic N) is 1. The Morgan fingerprint density at radius 3 is 2.21 bits per heavy atom. The molecule has 24 heavy (non-hydrogen) atoms. The molecule has 0 N–H and O–H groups in total. The van der Waals surface area contributed by atoms with E-state index in [0.29, 0.717) is 6.42 Å². The van der Waals surface area contributed by atoms with Crippen molar-refractivity contribution in [2.75, 3.05) is 13.1 Å². The number of ether oxygens (including phenoxy) is 1. The van der Waals surface area contributed by atoms with Crippen molar-refractivity contribution in [1.29, 1.82) is 0 Å². The van der Waals surface area contributed by atoms with Crippen molar-refractivity contribution in [1.82, 2.24) is 4.90 Å². The molecule has 0 fully saturated rings. The maximum absolute atomic E-state index is 12.0. The molecule has 1 unspecified atom stereocenters. The van der Waals surface area contributed by atoms with Crippen LogP contribution in [0, 0.1) is 0 Å². The topological polar surface area (TPSA) is 29.5 Å². The van der Waals surface area contributed by atoms with Crippen molar-refractivity contribution in [2.24, 2.45) is 0 Å². The van der Waals surface area contributed by atoms with E-state index < -0.39 is 0 Å². The summed E-state index contributed by atoms with van der Waals surface area (Å²) in [4.78, 5) is 13.9. The molecular formula is C21H27NO2. The van der Waals surface area contributed by atoms with E-state index in [4.69, 9.17) is 4.74 Å². The first kappa shape index (κ1) is 18.1. The number of carbonyl (C=O) groups is 1. The molecule has 0 aliphatic carbocycles. The van der Waals surface area contributed by atoms with Gasteiger partial charge in [0.25, 0.3) is 0 Å². The van der Waals surface area contributed by atoms with Crippen molar-refractivity contribution in [2.45, 2.75) is 39.7 Å². The van der Waals surface area contributed by atoms with Gasteiger partial charge in [-0.25, -0.2) is 0 Å². The molecule has 3 nitrogen and oxygen atoms in total. The highest BCUT2D eigenvalue weighted by Crippen LogP contribution is 2.22. The van der Waals surface area contributed by atoms with Crippen LogP contribution in [-0.4, -0.2) is 23.9 Å². The van der Waals surface area contributed by atoms with Crippen LogP contribution >= 0.6 is 0 Å². The van der Waals surface area contributed by atoms with Crippen LogP contribution < -0.4 is 4.74 Å². The summed E-state index contributed by atoms with van der Waals surface area (Å²) in [5.74, 6) is 1.07. The number of amides is 1. The van der Waals surface area contributed by atoms with Gasteiger partial charge in [0.15, 0.2) is 0 Å². The zero-order chi connectivity index (χ0) is 17.4. The molecule has 0 aromatic heterocycles. The predicted molar refractivity (Wildman–Crippen MR) is 98.2 cm³/mol. The van der Waals surface area contributed by atoms with Crippen molar-refractivity contribution in [3.05, 3.63) is 65.7 Å². The van der Waals surface area contributed by atoms with Gasteiger partial charge in [0.1, 0.15) is 11.9 Å². The molecule has 0 saturated carbocycles. The summed E-state index contributed by atoms with van der Waals surface area (Å²) in [6, 6.07) is 18.2. The van der Waals surface area contributed by atoms with Crippen LogP contribution in [0.25, 0.3) is 0 Å². The Bertz CT molecular complexity index is 618. The number of rotatable bonds is 8. The van der Waals surface area contributed by atoms with E-state index in [1.54, 1.807) is 0 Å². The van der Waals surface area contributed by atoms with E-state index in [1.807, 2.05) is 68.1 Å². The smallest absolute Gasteiger partial charge is 0.222 e. The van der Waals surface area contributed by atoms with Gasteiger partial charge in [0.05, 0.1) is 0 Å². The molecule has 0 radical (unpaired) electrons. The van der Waals surface area contributed by atoms with Gasteiger partial charge >= 0.3 is 0 Å². The summed E-state index contributed by atoms with van der Waals surface area (Å²) >= 11 is 0. The van der Waals surface area contributed by atoms with E-state index in [0.717, 1.165) is 36.4 Å². The van der Waals surface area contributed by atoms with Crippen LogP contribution in [0.1, 0.15) is 44.4 Å². The number of hydrogen-bond acceptors (Lipinski definition) is 2. The second kappa shape index (κ2) is 9.11. The van der Waals surface area contributed by atoms with Crippen LogP contribution in [-0.2, 0) is 11.2 Å². The Morgan fingerprint density at radius 1 is 1.00 bits per heavy atom. The zero-order valence-corrected chi connectivity index (χ0v) is 14.9. The number of hydrogen-bond donors (Lipinski definition) is 0. The fourth-order valence-corrected chi connectivity index (χ4v) is 2.72. The number of carbonyl (C=O) groups excluding carboxylic acids is 1. The minimum absolute atomic E-state index is 0.0151. The monoisotopic (exact) mass is 325 g/mol. The SMILES string of the molecule is CCN(CC)C(=O)CCc1ccc(OC(C)c2ccccc2)cc1. The van der Waals surface area contributed by atoms with E-state index in [1.165, 1.54) is 0 Å². The van der Waals surface area contributed by atoms with Gasteiger partial charge in [0, 0.05) is 19.5 Å². The minimum atomic E-state index is 0.0151. The van der Waals surface area contributed by atoms with Gasteiger partial charge in [-0.05, 0) is 50.5 Å². The van der Waals surface area contributed by atoms with Gasteiger partial charge < -0.3 is 9.64 Å². The van der Waals surface area contributed by atoms with Crippen LogP contribution in [0.5, 0.6) is 5.75 Å². The fraction of sp³-hybridized carbons (Fsp3) is 0.381. The molecule has 0 heterocycles. The van der Waals surface area contributed by atoms with E-state index in [9.17, 15) is 4.79 Å². The van der Waals surface area contributed by atoms with E-state index in [2.05, 4.69) is 12.1 Å². The predicted octanol–water partition coefficient (Wildman–Crippen LogP) is 4.63. The van der Waals surface area contributed by atoms with E-state index >= 15 is 0 Å². The Morgan fingerprint density at radius 2 is 1.62 bits per heavy atom. The third kappa shape index (κ3) is 5.12. The maximum atomic E-state index is 12.0. The largest absolute Gasteiger partial charge is 0.486 e. The molecule has 1 atom stereocenters. The van der Waals surface area contributed by atoms with Crippen LogP contribution in [0.3, 0.4) is 0 Å². The first-order valence-corrected chi connectivity index (χ1v) is 8.72. The van der Waals surface area contributed by atoms with Crippen molar-refractivity contribution in [3.63, 3.8) is 0 Å². The molecule has 2 aromatic rings. The highest BCUT2D eigenvalue weighted by Gasteiger charge is 2.10. The number of aryl methyl sites for hydroxylation is 1. The average molecular weight is 325 g/mol. The molecule has 0 spiro atoms. The maximum Gasteiger partial charge on any atom is 0.222 e. The lowest BCUT2D eigenvalue weighted by atomic mass is 10.1. The highest BCUT2D eigenvalue weighted by atomic mass is 16.5. The van der Waals surface area contributed by atoms with Gasteiger partial charge in [-0.1, -0.05) is 42.5 Å². The lowest BCUT2D eigenvalue weighted by Gasteiger charge is -2.18. The second-order valence-electron chi connectivity index (χ2n) is 5.88. The van der Waals surface area contributed by atoms with Gasteiger partial charge in [0.2, 0.25) is 5.91 Å². The van der Waals surface area contributed by atoms with Crippen LogP contribution in [0.15, 0.2) is 54.6 Å². The second-order valence-corrected chi connectivity index (χ2v) is 5.88. The first-order valence-electron chi connectivity index (χ1n) is 8.72. The third-order valence-electron chi connectivity index (χ3n) is 4.25. The lowest BCUT2D eigenvalue weighted by Crippen LogP contribution is -2.30. The van der Waals surface area contributed by atoms with Crippen LogP contribution in [0.4, 0.5) is 0 Å². The molecule has 0 aliphatic rings. The zero-order valence-electron chi connectivity index (χ0n) is 14.9. The van der Waals surface area contributed by atoms with Gasteiger partial charge in [-0.2, -0.15) is 0 Å². The van der Waals surface area contributed by atoms with Gasteiger partial charge in [-0.15, -0.1) is 0 Å². The summed E-state index contributed by atoms with van der Waals surface area (Å²) < 4.78 is 5.98. The Hall–Kier alpha value is -2.29. The fourth-order valence-electron chi connectivity index (χ4n) is 2.72. The number of benzene rings is 2. The Labute approximate surface area is 145 Å². The highest BCUT2D eigenvalue weighted by molar-refractivity contribution is 5.76. The average Bonchev–Trinajstić information content (AvgIpc) is 2.63. The Kier molecular flexibility index (Phi) is 6.86. The normalized spacial score (nSPS) is 11.8. The Balaban J connectivity index is 1.88. The summed E-state index contributed by atoms with van der Waals surface area (Å²) in [6.07, 6.45) is 1.34. The molecular weight excluding hydrogens is 298 g/mol. The standard InChI is InChI=1S/C21H27NO2/c1-4-22(5-2)21(23)16-13-18-11-14-20(15-12-18)24-17(3)19-9-7-6-8-10-19/h6-12,14-15,17H,4-5,13,16H2,1-3H3. The molecule has 0 aliphatic heterocycles. The third-order valence-corrected chi connectivity index (χ3v) is 4.25. The molecule has 128 valence electrons. The lowest BCUT2D eigenvalue weighted by molar-refractivity contribution is -0.130. The minimum Gasteiger partial charge on any atom is -0.486 e. The van der Waals surface area contributed by atoms with E-state index in [-0.39, 0.29) is 12.0 Å². The molecule has 0 saturated heterocycles. The van der Waals surface area contributed by atoms with Crippen LogP contribution in [0.2, 0.25) is 0 Å².